The Morgan fingerprint density at radius 1 is 0.323 bits per heavy atom. The van der Waals surface area contributed by atoms with E-state index in [4.69, 9.17) is 111 Å². The van der Waals surface area contributed by atoms with E-state index in [2.05, 4.69) is 20.0 Å². The van der Waals surface area contributed by atoms with Crippen LogP contribution in [0.5, 0.6) is 23.0 Å². The molecule has 0 bridgehead atoms. The molecule has 8 rings (SSSR count). The van der Waals surface area contributed by atoms with E-state index < -0.39 is 44.2 Å². The number of nitrogens with zero attached hydrogens (tertiary/aromatic N) is 10. The fourth-order valence-electron chi connectivity index (χ4n) is 5.94. The smallest absolute Gasteiger partial charge is 0.872 e. The summed E-state index contributed by atoms with van der Waals surface area (Å²) in [6.45, 7) is 6.50. The van der Waals surface area contributed by atoms with E-state index in [1.54, 1.807) is 188 Å². The van der Waals surface area contributed by atoms with Gasteiger partial charge in [0.1, 0.15) is 0 Å². The second-order valence-electron chi connectivity index (χ2n) is 19.9. The number of aliphatic hydroxyl groups is 2. The van der Waals surface area contributed by atoms with Gasteiger partial charge in [0.05, 0.1) is 43.1 Å². The van der Waals surface area contributed by atoms with Gasteiger partial charge in [-0.2, -0.15) is 0 Å². The van der Waals surface area contributed by atoms with Crippen LogP contribution < -0.4 is 61.3 Å². The van der Waals surface area contributed by atoms with Gasteiger partial charge in [-0.05, 0) is 110 Å². The van der Waals surface area contributed by atoms with E-state index in [9.17, 15) is 50.4 Å². The Morgan fingerprint density at radius 3 is 0.532 bits per heavy atom. The van der Waals surface area contributed by atoms with Crippen molar-refractivity contribution in [3.8, 4) is 23.0 Å². The molecule has 0 aliphatic heterocycles. The third kappa shape index (κ3) is 115. The van der Waals surface area contributed by atoms with E-state index in [0.29, 0.717) is 67.3 Å². The van der Waals surface area contributed by atoms with Gasteiger partial charge in [0.15, 0.2) is 0 Å². The molecule has 0 spiro atoms. The number of aliphatic carboxylic acids is 4. The van der Waals surface area contributed by atoms with Gasteiger partial charge in [-0.15, -0.1) is 49.4 Å². The van der Waals surface area contributed by atoms with Crippen molar-refractivity contribution in [1.29, 1.82) is 0 Å². The Bertz CT molecular complexity index is 3590. The van der Waals surface area contributed by atoms with Crippen LogP contribution in [0.25, 0.3) is 0 Å². The van der Waals surface area contributed by atoms with Gasteiger partial charge in [0.25, 0.3) is 0 Å². The molecule has 0 atom stereocenters. The summed E-state index contributed by atoms with van der Waals surface area (Å²) < 4.78 is 0. The topological polar surface area (TPSA) is 800 Å². The van der Waals surface area contributed by atoms with Crippen LogP contribution in [0.4, 0.5) is 22.7 Å². The largest absolute Gasteiger partial charge is 3.00 e. The summed E-state index contributed by atoms with van der Waals surface area (Å²) in [6, 6.07) is 55.1. The maximum atomic E-state index is 11.4. The number of rotatable bonds is 14. The molecule has 0 heterocycles. The first-order valence-corrected chi connectivity index (χ1v) is 31.7. The summed E-state index contributed by atoms with van der Waals surface area (Å²) in [4.78, 5) is 107. The van der Waals surface area contributed by atoms with Crippen LogP contribution in [-0.2, 0) is 88.8 Å². The van der Waals surface area contributed by atoms with E-state index in [1.807, 2.05) is 24.3 Å². The molecule has 2 amide bonds. The molecular formula is C74H84Co2Dy4N10O34. The number of carbonyl (C=O) groups is 6. The van der Waals surface area contributed by atoms with Crippen molar-refractivity contribution in [3.63, 3.8) is 0 Å². The predicted octanol–water partition coefficient (Wildman–Crippen LogP) is -1.40. The quantitative estimate of drug-likeness (QED) is 0.0547. The maximum absolute atomic E-state index is 11.4. The SMILES string of the molecule is CC(=O)[O-].CC(=O)[O-].CC(=O)[O-].CC(=O)[O-].CCO.CCO.CN(C)C=O.CN(C)C=O.O=[N+]([O-])[O-].O=[N+]([O-])[O-].O=[N+]([O-])[O-].O=[N+]([O-])[O-].[Co+3].[Co+3].[Dy+3].[Dy+3].[Dy+3].[Dy+3].[O-]Cc1ccccc1N=Cc1ccccc1[O-].[O-]Cc1ccccc1N=Cc1ccccc1[O-].[O-]Cc1ccccc1N=Cc1ccccc1[O-].[O-]Cc1ccccc1N=Cc1ccccc1[O-].[OH-].[OH-]. The van der Waals surface area contributed by atoms with Gasteiger partial charge in [-0.1, -0.05) is 170 Å². The molecule has 8 aromatic carbocycles. The molecule has 4 N–H and O–H groups in total. The van der Waals surface area contributed by atoms with Crippen molar-refractivity contribution in [1.82, 2.24) is 9.80 Å². The zero-order chi connectivity index (χ0) is 91.0. The summed E-state index contributed by atoms with van der Waals surface area (Å²) in [7, 11) is 6.75. The number of hydrogen-bond acceptors (Lipinski definition) is 38. The summed E-state index contributed by atoms with van der Waals surface area (Å²) in [5.74, 6) is -4.63. The van der Waals surface area contributed by atoms with Crippen molar-refractivity contribution in [3.05, 3.63) is 300 Å². The number of carbonyl (C=O) groups excluding carboxylic acids is 6. The molecule has 0 aliphatic carbocycles. The minimum absolute atomic E-state index is 0. The predicted molar refractivity (Wildman–Crippen MR) is 406 cm³/mol. The Balaban J connectivity index is -0.0000000751. The fourth-order valence-corrected chi connectivity index (χ4v) is 5.94. The van der Waals surface area contributed by atoms with Crippen LogP contribution in [0.15, 0.2) is 214 Å². The monoisotopic (exact) mass is 2430 g/mol. The van der Waals surface area contributed by atoms with Crippen LogP contribution >= 0.6 is 0 Å². The van der Waals surface area contributed by atoms with Crippen LogP contribution in [0.1, 0.15) is 86.1 Å². The minimum atomic E-state index is -1.75. The first-order valence-electron chi connectivity index (χ1n) is 31.7. The number of aliphatic imine (C=N–C) groups is 4. The molecule has 0 saturated carbocycles. The van der Waals surface area contributed by atoms with Gasteiger partial charge in [0.2, 0.25) is 12.8 Å². The standard InChI is InChI=1S/4C14H12NO2.2C3H7NO.4C2H4O2.2C2H6O.2Co.4Dy.4NO3.2H2O/c4*16-10-12-6-1-3-7-13(12)15-9-11-5-2-4-8-14(11)17;2*1-4(2)3-5;4*1-2(3)4;2*1-2-3;;;;;;;4*2-1(3)4;;/h4*1-9,17H,10H2;2*3H,1-2H3;4*1H3,(H,3,4);2*3H,2H2,1H3;;;;;;;;;;;2*1H2/q4*-1;;;;;;;;;6*+3;4*-1;;/p-10. The van der Waals surface area contributed by atoms with Gasteiger partial charge in [0, 0.05) is 90.1 Å². The van der Waals surface area contributed by atoms with Gasteiger partial charge < -0.3 is 173 Å². The third-order valence-electron chi connectivity index (χ3n) is 10.1. The van der Waals surface area contributed by atoms with E-state index in [-0.39, 0.29) is 260 Å². The molecule has 0 saturated heterocycles. The van der Waals surface area contributed by atoms with Crippen molar-refractivity contribution in [2.75, 3.05) is 41.4 Å². The molecule has 50 heteroatoms. The first-order chi connectivity index (χ1) is 54.5. The number of carboxylic acids is 4. The molecule has 44 nitrogen and oxygen atoms in total. The van der Waals surface area contributed by atoms with E-state index in [1.165, 1.54) is 58.9 Å². The van der Waals surface area contributed by atoms with Gasteiger partial charge >= 0.3 is 186 Å². The average molecular weight is 2430 g/mol. The molecule has 0 aromatic heterocycles. The number of benzene rings is 8. The maximum Gasteiger partial charge on any atom is 3.00 e. The fraction of sp³-hybridized carbons (Fsp3) is 0.216. The third-order valence-corrected chi connectivity index (χ3v) is 10.1. The van der Waals surface area contributed by atoms with Crippen molar-refractivity contribution < 1.29 is 318 Å². The molecule has 0 aliphatic rings. The van der Waals surface area contributed by atoms with Crippen LogP contribution in [0.3, 0.4) is 0 Å². The summed E-state index contributed by atoms with van der Waals surface area (Å²) in [5.41, 5.74) is 7.08. The Kier molecular flexibility index (Phi) is 131. The molecular weight excluding hydrogens is 2340 g/mol. The number of amides is 2. The van der Waals surface area contributed by atoms with Crippen LogP contribution in [0.2, 0.25) is 0 Å². The zero-order valence-corrected chi connectivity index (χ0v) is 76.8. The first kappa shape index (κ1) is 153. The van der Waals surface area contributed by atoms with Gasteiger partial charge in [-0.25, -0.2) is 0 Å². The Labute approximate surface area is 854 Å². The second kappa shape index (κ2) is 106. The van der Waals surface area contributed by atoms with Gasteiger partial charge in [-0.3, -0.25) is 29.6 Å². The normalized spacial score (nSPS) is 8.39. The molecule has 692 valence electrons. The van der Waals surface area contributed by atoms with E-state index in [0.717, 1.165) is 40.5 Å². The molecule has 124 heavy (non-hydrogen) atoms. The van der Waals surface area contributed by atoms with E-state index >= 15 is 0 Å². The van der Waals surface area contributed by atoms with Crippen LogP contribution in [0, 0.1) is 214 Å². The number of hydrogen-bond donors (Lipinski definition) is 2. The summed E-state index contributed by atoms with van der Waals surface area (Å²) in [5, 5.41) is 199. The number of carboxylic acid groups (broad SMARTS) is 4. The number of para-hydroxylation sites is 8. The average Bonchev–Trinajstić information content (AvgIpc) is 0.889. The Hall–Kier alpha value is -8.96. The molecule has 4 radical (unpaired) electrons. The molecule has 0 fully saturated rings. The second-order valence-corrected chi connectivity index (χ2v) is 19.9. The molecule has 8 aromatic rings. The summed E-state index contributed by atoms with van der Waals surface area (Å²) in [6.07, 6.45) is 7.49. The Morgan fingerprint density at radius 2 is 0.427 bits per heavy atom. The summed E-state index contributed by atoms with van der Waals surface area (Å²) >= 11 is 0. The van der Waals surface area contributed by atoms with Crippen LogP contribution in [-0.4, -0.2) is 154 Å². The van der Waals surface area contributed by atoms with Crippen molar-refractivity contribution in [2.45, 2.75) is 68.0 Å². The van der Waals surface area contributed by atoms with Crippen molar-refractivity contribution in [2.24, 2.45) is 20.0 Å². The number of aliphatic hydroxyl groups excluding tert-OH is 2. The zero-order valence-electron chi connectivity index (χ0n) is 66.6. The van der Waals surface area contributed by atoms with Crippen molar-refractivity contribution >= 4 is 84.3 Å². The molecule has 0 unspecified atom stereocenters. The minimum Gasteiger partial charge on any atom is -0.872 e.